The molecule has 3 aromatic rings. The van der Waals surface area contributed by atoms with Gasteiger partial charge in [0, 0.05) is 29.8 Å². The molecule has 0 aliphatic carbocycles. The molecule has 1 amide bonds. The van der Waals surface area contributed by atoms with E-state index in [-0.39, 0.29) is 5.91 Å². The van der Waals surface area contributed by atoms with Gasteiger partial charge in [-0.3, -0.25) is 4.79 Å². The minimum atomic E-state index is -0.176. The van der Waals surface area contributed by atoms with Crippen LogP contribution in [0.4, 0.5) is 5.69 Å². The van der Waals surface area contributed by atoms with Crippen molar-refractivity contribution >= 4 is 33.4 Å². The number of rotatable bonds is 2. The molecule has 2 N–H and O–H groups in total. The summed E-state index contributed by atoms with van der Waals surface area (Å²) in [5.41, 5.74) is 2.91. The fraction of sp³-hybridized carbons (Fsp3) is 0.188. The van der Waals surface area contributed by atoms with Crippen molar-refractivity contribution in [2.45, 2.75) is 20.4 Å². The average molecular weight is 267 g/mol. The predicted octanol–water partition coefficient (Wildman–Crippen LogP) is 3.04. The number of hydrogen-bond acceptors (Lipinski definition) is 2. The quantitative estimate of drug-likeness (QED) is 0.441. The second-order valence-electron chi connectivity index (χ2n) is 4.82. The van der Waals surface area contributed by atoms with Gasteiger partial charge in [-0.2, -0.15) is 0 Å². The molecule has 0 radical (unpaired) electrons. The molecule has 0 bridgehead atoms. The lowest BCUT2D eigenvalue weighted by molar-refractivity contribution is -0.116. The molecule has 0 saturated carbocycles. The molecule has 0 fully saturated rings. The van der Waals surface area contributed by atoms with E-state index in [9.17, 15) is 4.79 Å². The second kappa shape index (κ2) is 4.65. The van der Waals surface area contributed by atoms with Crippen LogP contribution >= 0.6 is 0 Å². The second-order valence-corrected chi connectivity index (χ2v) is 4.82. The number of hydrazine groups is 1. The summed E-state index contributed by atoms with van der Waals surface area (Å²) in [7, 11) is 0. The molecule has 2 aromatic carbocycles. The zero-order chi connectivity index (χ0) is 14.3. The van der Waals surface area contributed by atoms with Gasteiger partial charge < -0.3 is 4.57 Å². The van der Waals surface area contributed by atoms with Crippen molar-refractivity contribution < 1.29 is 4.79 Å². The van der Waals surface area contributed by atoms with E-state index >= 15 is 0 Å². The fourth-order valence-electron chi connectivity index (χ4n) is 2.78. The molecule has 102 valence electrons. The number of nitrogens with two attached hydrogens (primary N) is 1. The van der Waals surface area contributed by atoms with Crippen LogP contribution in [-0.2, 0) is 11.3 Å². The topological polar surface area (TPSA) is 51.3 Å². The van der Waals surface area contributed by atoms with Crippen molar-refractivity contribution in [1.82, 2.24) is 4.57 Å². The summed E-state index contributed by atoms with van der Waals surface area (Å²) in [4.78, 5) is 11.6. The molecule has 0 spiro atoms. The first kappa shape index (κ1) is 12.7. The lowest BCUT2D eigenvalue weighted by Gasteiger charge is -2.17. The summed E-state index contributed by atoms with van der Waals surface area (Å²) in [5, 5.41) is 3.52. The lowest BCUT2D eigenvalue weighted by atomic mass is 10.1. The van der Waals surface area contributed by atoms with Crippen molar-refractivity contribution in [2.24, 2.45) is 5.84 Å². The van der Waals surface area contributed by atoms with Crippen LogP contribution in [0.3, 0.4) is 0 Å². The first-order chi connectivity index (χ1) is 9.65. The van der Waals surface area contributed by atoms with Crippen molar-refractivity contribution in [1.29, 1.82) is 0 Å². The van der Waals surface area contributed by atoms with Gasteiger partial charge in [-0.15, -0.1) is 0 Å². The number of aryl methyl sites for hydroxylation is 1. The number of amides is 1. The third-order valence-corrected chi connectivity index (χ3v) is 3.68. The molecule has 1 aromatic heterocycles. The van der Waals surface area contributed by atoms with Crippen LogP contribution in [0.5, 0.6) is 0 Å². The molecule has 20 heavy (non-hydrogen) atoms. The summed E-state index contributed by atoms with van der Waals surface area (Å²) in [6.45, 7) is 4.39. The number of para-hydroxylation sites is 2. The minimum absolute atomic E-state index is 0.176. The van der Waals surface area contributed by atoms with Crippen LogP contribution in [0.25, 0.3) is 21.8 Å². The van der Waals surface area contributed by atoms with Crippen molar-refractivity contribution in [3.8, 4) is 0 Å². The van der Waals surface area contributed by atoms with Gasteiger partial charge in [0.2, 0.25) is 5.91 Å². The summed E-state index contributed by atoms with van der Waals surface area (Å²) in [5.74, 6) is 5.74. The Balaban J connectivity index is 2.47. The Hall–Kier alpha value is -2.33. The highest BCUT2D eigenvalue weighted by atomic mass is 16.2. The number of nitrogens with zero attached hydrogens (tertiary/aromatic N) is 2. The first-order valence-corrected chi connectivity index (χ1v) is 6.70. The molecule has 0 aliphatic rings. The third-order valence-electron chi connectivity index (χ3n) is 3.68. The standard InChI is InChI=1S/C16H17N3O/c1-3-18-14-9-5-4-7-12(14)13-8-6-10-15(16(13)18)19(17)11(2)20/h4-10H,3,17H2,1-2H3. The molecule has 4 heteroatoms. The lowest BCUT2D eigenvalue weighted by Crippen LogP contribution is -2.35. The maximum atomic E-state index is 11.6. The zero-order valence-corrected chi connectivity index (χ0v) is 11.6. The largest absolute Gasteiger partial charge is 0.339 e. The SMILES string of the molecule is CCn1c2ccccc2c2cccc(N(N)C(C)=O)c21. The van der Waals surface area contributed by atoms with E-state index in [1.165, 1.54) is 17.3 Å². The molecule has 0 atom stereocenters. The van der Waals surface area contributed by atoms with E-state index in [1.807, 2.05) is 24.3 Å². The van der Waals surface area contributed by atoms with Crippen LogP contribution < -0.4 is 10.9 Å². The van der Waals surface area contributed by atoms with Crippen LogP contribution in [0.1, 0.15) is 13.8 Å². The number of fused-ring (bicyclic) bond motifs is 3. The highest BCUT2D eigenvalue weighted by Crippen LogP contribution is 2.34. The van der Waals surface area contributed by atoms with E-state index < -0.39 is 0 Å². The molecular formula is C16H17N3O. The number of carbonyl (C=O) groups excluding carboxylic acids is 1. The molecule has 0 saturated heterocycles. The Labute approximate surface area is 117 Å². The molecule has 1 heterocycles. The van der Waals surface area contributed by atoms with Gasteiger partial charge in [0.1, 0.15) is 0 Å². The Morgan fingerprint density at radius 2 is 1.85 bits per heavy atom. The fourth-order valence-corrected chi connectivity index (χ4v) is 2.78. The number of benzene rings is 2. The van der Waals surface area contributed by atoms with Gasteiger partial charge >= 0.3 is 0 Å². The highest BCUT2D eigenvalue weighted by Gasteiger charge is 2.16. The van der Waals surface area contributed by atoms with Gasteiger partial charge in [0.15, 0.2) is 0 Å². The van der Waals surface area contributed by atoms with E-state index in [4.69, 9.17) is 5.84 Å². The van der Waals surface area contributed by atoms with Crippen molar-refractivity contribution in [3.05, 3.63) is 42.5 Å². The highest BCUT2D eigenvalue weighted by molar-refractivity contribution is 6.13. The van der Waals surface area contributed by atoms with E-state index in [1.54, 1.807) is 0 Å². The number of carbonyl (C=O) groups is 1. The Kier molecular flexibility index (Phi) is 2.95. The van der Waals surface area contributed by atoms with Gasteiger partial charge in [-0.1, -0.05) is 30.3 Å². The first-order valence-electron chi connectivity index (χ1n) is 6.70. The normalized spacial score (nSPS) is 11.2. The Morgan fingerprint density at radius 3 is 2.55 bits per heavy atom. The maximum absolute atomic E-state index is 11.6. The van der Waals surface area contributed by atoms with E-state index in [2.05, 4.69) is 29.7 Å². The van der Waals surface area contributed by atoms with Gasteiger partial charge in [0.25, 0.3) is 0 Å². The summed E-state index contributed by atoms with van der Waals surface area (Å²) in [6.07, 6.45) is 0. The molecule has 0 aliphatic heterocycles. The van der Waals surface area contributed by atoms with Gasteiger partial charge in [-0.25, -0.2) is 10.9 Å². The Morgan fingerprint density at radius 1 is 1.15 bits per heavy atom. The smallest absolute Gasteiger partial charge is 0.238 e. The summed E-state index contributed by atoms with van der Waals surface area (Å²) in [6, 6.07) is 14.1. The van der Waals surface area contributed by atoms with Crippen LogP contribution in [-0.4, -0.2) is 10.5 Å². The van der Waals surface area contributed by atoms with Crippen LogP contribution in [0.2, 0.25) is 0 Å². The van der Waals surface area contributed by atoms with E-state index in [0.29, 0.717) is 0 Å². The molecule has 3 rings (SSSR count). The number of anilines is 1. The number of aromatic nitrogens is 1. The van der Waals surface area contributed by atoms with Gasteiger partial charge in [0.05, 0.1) is 11.2 Å². The minimum Gasteiger partial charge on any atom is -0.339 e. The zero-order valence-electron chi connectivity index (χ0n) is 11.6. The molecule has 0 unspecified atom stereocenters. The monoisotopic (exact) mass is 267 g/mol. The van der Waals surface area contributed by atoms with Crippen LogP contribution in [0, 0.1) is 0 Å². The molecular weight excluding hydrogens is 250 g/mol. The molecule has 4 nitrogen and oxygen atoms in total. The number of hydrogen-bond donors (Lipinski definition) is 1. The van der Waals surface area contributed by atoms with Crippen molar-refractivity contribution in [3.63, 3.8) is 0 Å². The third kappa shape index (κ3) is 1.69. The summed E-state index contributed by atoms with van der Waals surface area (Å²) >= 11 is 0. The Bertz CT molecular complexity index is 804. The van der Waals surface area contributed by atoms with Gasteiger partial charge in [-0.05, 0) is 19.1 Å². The average Bonchev–Trinajstić information content (AvgIpc) is 2.80. The van der Waals surface area contributed by atoms with E-state index in [0.717, 1.165) is 28.7 Å². The predicted molar refractivity (Wildman–Crippen MR) is 82.5 cm³/mol. The van der Waals surface area contributed by atoms with Crippen LogP contribution in [0.15, 0.2) is 42.5 Å². The van der Waals surface area contributed by atoms with Crippen molar-refractivity contribution in [2.75, 3.05) is 5.01 Å². The maximum Gasteiger partial charge on any atom is 0.238 e. The summed E-state index contributed by atoms with van der Waals surface area (Å²) < 4.78 is 2.20.